The molecular weight excluding hydrogens is 520 g/mol. The molecule has 0 amide bonds. The van der Waals surface area contributed by atoms with Crippen molar-refractivity contribution >= 4 is 33.1 Å². The van der Waals surface area contributed by atoms with Crippen LogP contribution in [0.5, 0.6) is 11.8 Å². The molecule has 2 bridgehead atoms. The van der Waals surface area contributed by atoms with Gasteiger partial charge in [0.1, 0.15) is 12.2 Å². The van der Waals surface area contributed by atoms with Gasteiger partial charge < -0.3 is 9.47 Å². The van der Waals surface area contributed by atoms with Gasteiger partial charge in [0, 0.05) is 32.6 Å². The lowest BCUT2D eigenvalue weighted by Gasteiger charge is -2.36. The van der Waals surface area contributed by atoms with Gasteiger partial charge in [-0.05, 0) is 43.8 Å². The third-order valence-electron chi connectivity index (χ3n) is 7.23. The number of hydrogen-bond acceptors (Lipinski definition) is 8. The Kier molecular flexibility index (Phi) is 6.24. The average molecular weight is 553 g/mol. The second-order valence-corrected chi connectivity index (χ2v) is 12.4. The van der Waals surface area contributed by atoms with E-state index in [1.807, 2.05) is 63.2 Å². The molecule has 13 heteroatoms. The number of aromatic nitrogens is 6. The fourth-order valence-corrected chi connectivity index (χ4v) is 6.01. The minimum atomic E-state index is -3.23. The van der Waals surface area contributed by atoms with Crippen LogP contribution in [0.4, 0.5) is 0 Å². The van der Waals surface area contributed by atoms with Crippen molar-refractivity contribution in [3.63, 3.8) is 0 Å². The van der Waals surface area contributed by atoms with E-state index in [-0.39, 0.29) is 12.2 Å². The van der Waals surface area contributed by atoms with Crippen LogP contribution in [0.1, 0.15) is 23.9 Å². The second kappa shape index (κ2) is 9.50. The zero-order valence-electron chi connectivity index (χ0n) is 22.6. The third-order valence-corrected chi connectivity index (χ3v) is 8.47. The first-order chi connectivity index (χ1) is 18.6. The fourth-order valence-electron chi connectivity index (χ4n) is 5.14. The largest absolute Gasteiger partial charge is 0.473 e. The molecule has 0 radical (unpaired) electrons. The van der Waals surface area contributed by atoms with Gasteiger partial charge in [0.2, 0.25) is 21.8 Å². The predicted octanol–water partition coefficient (Wildman–Crippen LogP) is 2.10. The van der Waals surface area contributed by atoms with Crippen molar-refractivity contribution in [3.8, 4) is 22.9 Å². The molecule has 0 saturated carbocycles. The smallest absolute Gasteiger partial charge is 0.240 e. The number of rotatable bonds is 3. The van der Waals surface area contributed by atoms with Crippen molar-refractivity contribution in [2.24, 2.45) is 14.1 Å². The molecule has 5 heterocycles. The monoisotopic (exact) mass is 552 g/mol. The molecule has 206 valence electrons. The van der Waals surface area contributed by atoms with Crippen LogP contribution in [0, 0.1) is 0 Å². The summed E-state index contributed by atoms with van der Waals surface area (Å²) in [7, 11) is 2.58. The number of H-pyrrole nitrogens is 1. The molecule has 2 aliphatic heterocycles. The van der Waals surface area contributed by atoms with Gasteiger partial charge in [0.05, 0.1) is 53.6 Å². The van der Waals surface area contributed by atoms with E-state index in [2.05, 4.69) is 31.4 Å². The van der Waals surface area contributed by atoms with Gasteiger partial charge in [0.25, 0.3) is 0 Å². The van der Waals surface area contributed by atoms with Crippen LogP contribution in [0.15, 0.2) is 24.4 Å². The maximum absolute atomic E-state index is 11.8. The van der Waals surface area contributed by atoms with Crippen LogP contribution in [-0.2, 0) is 30.7 Å². The minimum absolute atomic E-state index is 0.109. The van der Waals surface area contributed by atoms with Crippen molar-refractivity contribution in [3.05, 3.63) is 41.3 Å². The summed E-state index contributed by atoms with van der Waals surface area (Å²) < 4.78 is 41.3. The Morgan fingerprint density at radius 1 is 1.10 bits per heavy atom. The molecule has 39 heavy (non-hydrogen) atoms. The molecule has 1 saturated heterocycles. The summed E-state index contributed by atoms with van der Waals surface area (Å²) in [5.41, 5.74) is 5.41. The molecule has 4 aromatic rings. The second-order valence-electron chi connectivity index (χ2n) is 10.4. The van der Waals surface area contributed by atoms with Gasteiger partial charge in [-0.1, -0.05) is 6.07 Å². The number of nitrogens with zero attached hydrogens (tertiary/aromatic N) is 7. The number of aromatic amines is 1. The van der Waals surface area contributed by atoms with E-state index in [9.17, 15) is 8.42 Å². The van der Waals surface area contributed by atoms with Crippen LogP contribution in [-0.4, -0.2) is 92.5 Å². The Balaban J connectivity index is 1.42. The van der Waals surface area contributed by atoms with E-state index in [0.717, 1.165) is 39.0 Å². The number of likely N-dealkylation sites (N-methyl/N-ethyl adjacent to an activating group) is 1. The van der Waals surface area contributed by atoms with Crippen molar-refractivity contribution in [2.75, 3.05) is 32.9 Å². The SMILES string of the molecule is C[C@H]1CN(C)Cc2c(c(OC3CN(S(C)(=O)=O)C3)nn2C)/C=C/c2n[nH]c3ccc(cc23)-c2cnn(C)c2O1. The zero-order chi connectivity index (χ0) is 27.5. The molecule has 1 fully saturated rings. The first-order valence-electron chi connectivity index (χ1n) is 12.8. The van der Waals surface area contributed by atoms with E-state index in [0.29, 0.717) is 37.9 Å². The van der Waals surface area contributed by atoms with E-state index >= 15 is 0 Å². The summed E-state index contributed by atoms with van der Waals surface area (Å²) >= 11 is 0. The highest BCUT2D eigenvalue weighted by molar-refractivity contribution is 7.88. The van der Waals surface area contributed by atoms with Crippen molar-refractivity contribution in [1.29, 1.82) is 0 Å². The summed E-state index contributed by atoms with van der Waals surface area (Å²) in [5.74, 6) is 1.19. The van der Waals surface area contributed by atoms with E-state index < -0.39 is 10.0 Å². The summed E-state index contributed by atoms with van der Waals surface area (Å²) in [4.78, 5) is 2.18. The van der Waals surface area contributed by atoms with Gasteiger partial charge >= 0.3 is 0 Å². The van der Waals surface area contributed by atoms with E-state index in [1.54, 1.807) is 4.68 Å². The molecule has 12 nitrogen and oxygen atoms in total. The normalized spacial score (nSPS) is 20.1. The quantitative estimate of drug-likeness (QED) is 0.410. The fraction of sp³-hybridized carbons (Fsp3) is 0.423. The number of sulfonamides is 1. The number of hydrogen-bond donors (Lipinski definition) is 1. The molecule has 1 aromatic carbocycles. The van der Waals surface area contributed by atoms with Gasteiger partial charge in [-0.15, -0.1) is 5.10 Å². The van der Waals surface area contributed by atoms with Crippen LogP contribution in [0.25, 0.3) is 34.2 Å². The molecule has 3 aromatic heterocycles. The summed E-state index contributed by atoms with van der Waals surface area (Å²) in [6.45, 7) is 3.94. The maximum Gasteiger partial charge on any atom is 0.240 e. The molecular formula is C26H32N8O4S. The lowest BCUT2D eigenvalue weighted by molar-refractivity contribution is 0.0718. The van der Waals surface area contributed by atoms with Gasteiger partial charge in [-0.25, -0.2) is 13.1 Å². The third kappa shape index (κ3) is 4.81. The van der Waals surface area contributed by atoms with Gasteiger partial charge in [-0.3, -0.25) is 14.7 Å². The summed E-state index contributed by atoms with van der Waals surface area (Å²) in [5, 5.41) is 17.8. The van der Waals surface area contributed by atoms with E-state index in [1.165, 1.54) is 10.6 Å². The highest BCUT2D eigenvalue weighted by Crippen LogP contribution is 2.34. The molecule has 1 N–H and O–H groups in total. The average Bonchev–Trinajstić information content (AvgIpc) is 3.49. The topological polar surface area (TPSA) is 123 Å². The first kappa shape index (κ1) is 25.6. The Hall–Kier alpha value is -3.68. The van der Waals surface area contributed by atoms with Crippen LogP contribution in [0.3, 0.4) is 0 Å². The summed E-state index contributed by atoms with van der Waals surface area (Å²) in [6.07, 6.45) is 6.62. The minimum Gasteiger partial charge on any atom is -0.473 e. The first-order valence-corrected chi connectivity index (χ1v) is 14.6. The molecule has 0 spiro atoms. The number of ether oxygens (including phenoxy) is 2. The molecule has 1 atom stereocenters. The lowest BCUT2D eigenvalue weighted by Crippen LogP contribution is -2.55. The highest BCUT2D eigenvalue weighted by Gasteiger charge is 2.36. The van der Waals surface area contributed by atoms with Gasteiger partial charge in [0.15, 0.2) is 0 Å². The van der Waals surface area contributed by atoms with Crippen molar-refractivity contribution in [2.45, 2.75) is 25.7 Å². The van der Waals surface area contributed by atoms with Crippen LogP contribution < -0.4 is 9.47 Å². The highest BCUT2D eigenvalue weighted by atomic mass is 32.2. The van der Waals surface area contributed by atoms with E-state index in [4.69, 9.17) is 9.47 Å². The van der Waals surface area contributed by atoms with Crippen molar-refractivity contribution < 1.29 is 17.9 Å². The zero-order valence-corrected chi connectivity index (χ0v) is 23.4. The Morgan fingerprint density at radius 2 is 1.90 bits per heavy atom. The maximum atomic E-state index is 11.8. The van der Waals surface area contributed by atoms with Crippen LogP contribution >= 0.6 is 0 Å². The number of nitrogens with one attached hydrogen (secondary N) is 1. The van der Waals surface area contributed by atoms with Gasteiger partial charge in [-0.2, -0.15) is 14.5 Å². The van der Waals surface area contributed by atoms with Crippen molar-refractivity contribution in [1.82, 2.24) is 39.0 Å². The Morgan fingerprint density at radius 3 is 2.67 bits per heavy atom. The Bertz CT molecular complexity index is 1680. The molecule has 2 aliphatic rings. The number of benzene rings is 1. The Labute approximate surface area is 226 Å². The molecule has 6 rings (SSSR count). The lowest BCUT2D eigenvalue weighted by atomic mass is 10.1. The molecule has 0 unspecified atom stereocenters. The van der Waals surface area contributed by atoms with Crippen LogP contribution in [0.2, 0.25) is 0 Å². The number of aryl methyl sites for hydroxylation is 2. The summed E-state index contributed by atoms with van der Waals surface area (Å²) in [6, 6.07) is 6.14. The molecule has 0 aliphatic carbocycles. The number of fused-ring (bicyclic) bond motifs is 4. The predicted molar refractivity (Wildman–Crippen MR) is 148 cm³/mol. The standard InChI is InChI=1S/C26H32N8O4S/c1-16-12-31(2)15-24-19(25(30-32(24)3)38-18-13-34(14-18)39(5,35)36)7-9-23-20-10-17(6-8-22(20)28-29-23)21-11-27-33(4)26(21)37-16/h6-11,16,18H,12-15H2,1-5H3,(H,28,29)/b9-7+/t16-/m0/s1.